The molecule has 0 aliphatic heterocycles. The van der Waals surface area contributed by atoms with Crippen LogP contribution in [0.15, 0.2) is 48.5 Å². The van der Waals surface area contributed by atoms with Gasteiger partial charge in [0.1, 0.15) is 5.75 Å². The topological polar surface area (TPSA) is 72.5 Å². The van der Waals surface area contributed by atoms with Crippen molar-refractivity contribution < 1.29 is 17.9 Å². The third-order valence-electron chi connectivity index (χ3n) is 2.83. The van der Waals surface area contributed by atoms with Gasteiger partial charge in [0.15, 0.2) is 0 Å². The van der Waals surface area contributed by atoms with Crippen molar-refractivity contribution in [1.29, 1.82) is 0 Å². The molecule has 1 N–H and O–H groups in total. The van der Waals surface area contributed by atoms with E-state index < -0.39 is 15.9 Å². The molecule has 0 unspecified atom stereocenters. The van der Waals surface area contributed by atoms with Crippen LogP contribution in [0.3, 0.4) is 0 Å². The van der Waals surface area contributed by atoms with Crippen LogP contribution in [0.2, 0.25) is 0 Å². The van der Waals surface area contributed by atoms with E-state index in [9.17, 15) is 13.2 Å². The van der Waals surface area contributed by atoms with Gasteiger partial charge in [-0.05, 0) is 23.8 Å². The molecule has 0 bridgehead atoms. The number of hydrogen-bond acceptors (Lipinski definition) is 4. The van der Waals surface area contributed by atoms with E-state index in [-0.39, 0.29) is 18.0 Å². The monoisotopic (exact) mass is 341 g/mol. The minimum atomic E-state index is -3.59. The minimum Gasteiger partial charge on any atom is -0.496 e. The number of rotatable bonds is 4. The molecule has 2 rings (SSSR count). The number of hydrogen-bond donors (Lipinski definition) is 1. The summed E-state index contributed by atoms with van der Waals surface area (Å²) in [6.07, 6.45) is 0.931. The van der Waals surface area contributed by atoms with Crippen LogP contribution < -0.4 is 9.46 Å². The number of methoxy groups -OCH3 is 1. The Morgan fingerprint density at radius 1 is 1.09 bits per heavy atom. The average molecular weight is 342 g/mol. The maximum atomic E-state index is 11.8. The van der Waals surface area contributed by atoms with Gasteiger partial charge in [-0.25, -0.2) is 13.1 Å². The van der Waals surface area contributed by atoms with Crippen LogP contribution in [0.1, 0.15) is 10.4 Å². The molecule has 0 aliphatic rings. The first-order chi connectivity index (χ1) is 9.90. The number of carbonyl (C=O) groups is 1. The summed E-state index contributed by atoms with van der Waals surface area (Å²) in [5.74, 6) is -0.183. The predicted octanol–water partition coefficient (Wildman–Crippen LogP) is 2.47. The fraction of sp³-hybridized carbons (Fsp3) is 0.133. The van der Waals surface area contributed by atoms with Crippen LogP contribution in [-0.2, 0) is 10.0 Å². The lowest BCUT2D eigenvalue weighted by Crippen LogP contribution is -2.29. The Labute approximate surface area is 135 Å². The minimum absolute atomic E-state index is 0. The Hall–Kier alpha value is -2.05. The second-order valence-corrected chi connectivity index (χ2v) is 6.23. The Morgan fingerprint density at radius 2 is 1.73 bits per heavy atom. The van der Waals surface area contributed by atoms with Crippen LogP contribution in [0, 0.1) is 0 Å². The molecular weight excluding hydrogens is 326 g/mol. The van der Waals surface area contributed by atoms with E-state index in [0.717, 1.165) is 17.4 Å². The van der Waals surface area contributed by atoms with Crippen molar-refractivity contribution in [3.63, 3.8) is 0 Å². The maximum absolute atomic E-state index is 11.8. The van der Waals surface area contributed by atoms with Gasteiger partial charge >= 0.3 is 0 Å². The quantitative estimate of drug-likeness (QED) is 0.927. The lowest BCUT2D eigenvalue weighted by atomic mass is 10.0. The van der Waals surface area contributed by atoms with Gasteiger partial charge in [-0.15, -0.1) is 12.4 Å². The highest BCUT2D eigenvalue weighted by Crippen LogP contribution is 2.30. The van der Waals surface area contributed by atoms with E-state index in [2.05, 4.69) is 0 Å². The van der Waals surface area contributed by atoms with Crippen molar-refractivity contribution in [1.82, 2.24) is 4.72 Å². The molecule has 7 heteroatoms. The fourth-order valence-corrected chi connectivity index (χ4v) is 2.37. The number of ether oxygens (including phenoxy) is 1. The summed E-state index contributed by atoms with van der Waals surface area (Å²) in [7, 11) is -2.09. The van der Waals surface area contributed by atoms with Crippen LogP contribution in [0.25, 0.3) is 11.1 Å². The average Bonchev–Trinajstić information content (AvgIpc) is 2.45. The second-order valence-electron chi connectivity index (χ2n) is 4.48. The summed E-state index contributed by atoms with van der Waals surface area (Å²) in [4.78, 5) is 11.8. The summed E-state index contributed by atoms with van der Waals surface area (Å²) in [5, 5.41) is 0. The molecule has 118 valence electrons. The van der Waals surface area contributed by atoms with Gasteiger partial charge in [0.2, 0.25) is 10.0 Å². The first-order valence-corrected chi connectivity index (χ1v) is 8.05. The molecule has 0 aliphatic carbocycles. The van der Waals surface area contributed by atoms with E-state index in [1.807, 2.05) is 35.1 Å². The molecule has 2 aromatic carbocycles. The molecule has 0 saturated heterocycles. The van der Waals surface area contributed by atoms with Gasteiger partial charge in [0.05, 0.1) is 13.4 Å². The predicted molar refractivity (Wildman–Crippen MR) is 88.0 cm³/mol. The lowest BCUT2D eigenvalue weighted by Gasteiger charge is -2.11. The van der Waals surface area contributed by atoms with Crippen molar-refractivity contribution in [3.8, 4) is 16.9 Å². The zero-order chi connectivity index (χ0) is 15.5. The van der Waals surface area contributed by atoms with Crippen LogP contribution in [0.5, 0.6) is 5.75 Å². The molecule has 0 spiro atoms. The number of halogens is 1. The van der Waals surface area contributed by atoms with E-state index in [0.29, 0.717) is 5.75 Å². The Balaban J connectivity index is 0.00000242. The molecule has 5 nitrogen and oxygen atoms in total. The van der Waals surface area contributed by atoms with Crippen molar-refractivity contribution in [2.45, 2.75) is 0 Å². The summed E-state index contributed by atoms with van der Waals surface area (Å²) in [5.41, 5.74) is 2.00. The van der Waals surface area contributed by atoms with E-state index in [1.54, 1.807) is 12.1 Å². The molecule has 1 amide bonds. The van der Waals surface area contributed by atoms with Crippen LogP contribution in [0.4, 0.5) is 0 Å². The second kappa shape index (κ2) is 7.29. The van der Waals surface area contributed by atoms with Crippen LogP contribution in [-0.4, -0.2) is 27.7 Å². The number of amides is 1. The molecule has 0 fully saturated rings. The summed E-state index contributed by atoms with van der Waals surface area (Å²) >= 11 is 0. The van der Waals surface area contributed by atoms with Gasteiger partial charge < -0.3 is 4.74 Å². The van der Waals surface area contributed by atoms with E-state index in [4.69, 9.17) is 4.74 Å². The SMILES string of the molecule is COc1cc(C(=O)NS(C)(=O)=O)ccc1-c1ccccc1.Cl. The maximum Gasteiger partial charge on any atom is 0.264 e. The first kappa shape index (κ1) is 18.0. The highest BCUT2D eigenvalue weighted by atomic mass is 35.5. The molecular formula is C15H16ClNO4S. The largest absolute Gasteiger partial charge is 0.496 e. The Kier molecular flexibility index (Phi) is 5.96. The fourth-order valence-electron chi connectivity index (χ4n) is 1.92. The zero-order valence-electron chi connectivity index (χ0n) is 12.1. The van der Waals surface area contributed by atoms with Gasteiger partial charge in [-0.1, -0.05) is 30.3 Å². The molecule has 0 atom stereocenters. The molecule has 0 heterocycles. The van der Waals surface area contributed by atoms with Crippen LogP contribution >= 0.6 is 12.4 Å². The number of sulfonamides is 1. The first-order valence-electron chi connectivity index (χ1n) is 6.16. The highest BCUT2D eigenvalue weighted by Gasteiger charge is 2.14. The van der Waals surface area contributed by atoms with E-state index >= 15 is 0 Å². The lowest BCUT2D eigenvalue weighted by molar-refractivity contribution is 0.0981. The number of nitrogens with one attached hydrogen (secondary N) is 1. The number of benzene rings is 2. The van der Waals surface area contributed by atoms with Crippen molar-refractivity contribution in [2.75, 3.05) is 13.4 Å². The zero-order valence-corrected chi connectivity index (χ0v) is 13.7. The van der Waals surface area contributed by atoms with Gasteiger partial charge in [-0.2, -0.15) is 0 Å². The molecule has 22 heavy (non-hydrogen) atoms. The summed E-state index contributed by atoms with van der Waals surface area (Å²) < 4.78 is 29.4. The third kappa shape index (κ3) is 4.47. The standard InChI is InChI=1S/C15H15NO4S.ClH/c1-20-14-10-12(15(17)16-21(2,18)19)8-9-13(14)11-6-4-3-5-7-11;/h3-10H,1-2H3,(H,16,17);1H. The van der Waals surface area contributed by atoms with Gasteiger partial charge in [0.25, 0.3) is 5.91 Å². The summed E-state index contributed by atoms with van der Waals surface area (Å²) in [6, 6.07) is 14.4. The number of carbonyl (C=O) groups excluding carboxylic acids is 1. The normalized spacial score (nSPS) is 10.5. The van der Waals surface area contributed by atoms with Gasteiger partial charge in [0, 0.05) is 11.1 Å². The van der Waals surface area contributed by atoms with Crippen molar-refractivity contribution in [2.24, 2.45) is 0 Å². The molecule has 0 saturated carbocycles. The van der Waals surface area contributed by atoms with Crippen molar-refractivity contribution in [3.05, 3.63) is 54.1 Å². The summed E-state index contributed by atoms with van der Waals surface area (Å²) in [6.45, 7) is 0. The highest BCUT2D eigenvalue weighted by molar-refractivity contribution is 7.89. The van der Waals surface area contributed by atoms with Crippen molar-refractivity contribution >= 4 is 28.3 Å². The molecule has 0 radical (unpaired) electrons. The molecule has 2 aromatic rings. The van der Waals surface area contributed by atoms with Gasteiger partial charge in [-0.3, -0.25) is 4.79 Å². The third-order valence-corrected chi connectivity index (χ3v) is 3.38. The Bertz CT molecular complexity index is 760. The smallest absolute Gasteiger partial charge is 0.264 e. The van der Waals surface area contributed by atoms with E-state index in [1.165, 1.54) is 13.2 Å². The molecule has 0 aromatic heterocycles. The Morgan fingerprint density at radius 3 is 2.27 bits per heavy atom.